The summed E-state index contributed by atoms with van der Waals surface area (Å²) in [6, 6.07) is 7.53. The molecule has 2 heterocycles. The first-order valence-electron chi connectivity index (χ1n) is 7.61. The molecule has 1 aromatic carbocycles. The van der Waals surface area contributed by atoms with Gasteiger partial charge in [0.05, 0.1) is 5.69 Å². The monoisotopic (exact) mass is 303 g/mol. The molecular weight excluding hydrogens is 282 g/mol. The second-order valence-corrected chi connectivity index (χ2v) is 5.80. The second-order valence-electron chi connectivity index (χ2n) is 5.80. The van der Waals surface area contributed by atoms with Crippen LogP contribution >= 0.6 is 0 Å². The zero-order valence-electron chi connectivity index (χ0n) is 12.9. The van der Waals surface area contributed by atoms with E-state index in [1.165, 1.54) is 4.90 Å². The number of likely N-dealkylation sites (N-methyl/N-ethyl adjacent to an activating group) is 1. The Morgan fingerprint density at radius 3 is 2.95 bits per heavy atom. The van der Waals surface area contributed by atoms with Gasteiger partial charge in [-0.05, 0) is 32.0 Å². The summed E-state index contributed by atoms with van der Waals surface area (Å²) < 4.78 is 5.59. The van der Waals surface area contributed by atoms with Crippen LogP contribution in [0, 0.1) is 0 Å². The SMILES string of the molecule is CC1Oc2ccccc2N(CC(=O)N(C)C2CCNC2)C1=O. The lowest BCUT2D eigenvalue weighted by atomic mass is 10.1. The van der Waals surface area contributed by atoms with Gasteiger partial charge in [-0.2, -0.15) is 0 Å². The van der Waals surface area contributed by atoms with Gasteiger partial charge in [0, 0.05) is 19.6 Å². The Hall–Kier alpha value is -2.08. The second kappa shape index (κ2) is 5.96. The molecule has 1 aromatic rings. The van der Waals surface area contributed by atoms with Crippen LogP contribution in [0.15, 0.2) is 24.3 Å². The molecule has 6 nitrogen and oxygen atoms in total. The molecule has 2 atom stereocenters. The van der Waals surface area contributed by atoms with Gasteiger partial charge in [-0.15, -0.1) is 0 Å². The molecule has 2 amide bonds. The summed E-state index contributed by atoms with van der Waals surface area (Å²) in [6.07, 6.45) is 0.382. The number of hydrogen-bond acceptors (Lipinski definition) is 4. The predicted molar refractivity (Wildman–Crippen MR) is 82.9 cm³/mol. The maximum atomic E-state index is 12.5. The standard InChI is InChI=1S/C16H21N3O3/c1-11-16(21)19(13-5-3-4-6-14(13)22-11)10-15(20)18(2)12-7-8-17-9-12/h3-6,11-12,17H,7-10H2,1-2H3. The number of rotatable bonds is 3. The summed E-state index contributed by atoms with van der Waals surface area (Å²) in [5, 5.41) is 3.25. The van der Waals surface area contributed by atoms with Crippen LogP contribution in [0.5, 0.6) is 5.75 Å². The number of nitrogens with zero attached hydrogens (tertiary/aromatic N) is 2. The molecule has 22 heavy (non-hydrogen) atoms. The van der Waals surface area contributed by atoms with E-state index in [0.29, 0.717) is 11.4 Å². The first-order valence-corrected chi connectivity index (χ1v) is 7.61. The quantitative estimate of drug-likeness (QED) is 0.889. The van der Waals surface area contributed by atoms with Gasteiger partial charge in [0.25, 0.3) is 5.91 Å². The van der Waals surface area contributed by atoms with Gasteiger partial charge in [0.15, 0.2) is 6.10 Å². The first-order chi connectivity index (χ1) is 10.6. The van der Waals surface area contributed by atoms with Gasteiger partial charge < -0.3 is 15.0 Å². The van der Waals surface area contributed by atoms with Crippen molar-refractivity contribution in [1.29, 1.82) is 0 Å². The molecule has 0 aliphatic carbocycles. The van der Waals surface area contributed by atoms with E-state index >= 15 is 0 Å². The summed E-state index contributed by atoms with van der Waals surface area (Å²) in [5.41, 5.74) is 0.664. The van der Waals surface area contributed by atoms with E-state index in [2.05, 4.69) is 5.32 Å². The smallest absolute Gasteiger partial charge is 0.268 e. The molecule has 0 radical (unpaired) electrons. The molecule has 118 valence electrons. The third-order valence-corrected chi connectivity index (χ3v) is 4.34. The minimum atomic E-state index is -0.568. The zero-order chi connectivity index (χ0) is 15.7. The van der Waals surface area contributed by atoms with Gasteiger partial charge in [-0.25, -0.2) is 0 Å². The molecule has 0 saturated carbocycles. The number of nitrogens with one attached hydrogen (secondary N) is 1. The number of para-hydroxylation sites is 2. The van der Waals surface area contributed by atoms with Crippen molar-refractivity contribution in [3.8, 4) is 5.75 Å². The van der Waals surface area contributed by atoms with Crippen LogP contribution in [0.1, 0.15) is 13.3 Å². The fourth-order valence-electron chi connectivity index (χ4n) is 2.94. The topological polar surface area (TPSA) is 61.9 Å². The van der Waals surface area contributed by atoms with Crippen LogP contribution in [-0.2, 0) is 9.59 Å². The van der Waals surface area contributed by atoms with Gasteiger partial charge in [-0.1, -0.05) is 12.1 Å². The molecular formula is C16H21N3O3. The van der Waals surface area contributed by atoms with Crippen LogP contribution in [0.3, 0.4) is 0 Å². The average molecular weight is 303 g/mol. The zero-order valence-corrected chi connectivity index (χ0v) is 12.9. The minimum absolute atomic E-state index is 0.0500. The van der Waals surface area contributed by atoms with Crippen LogP contribution in [-0.4, -0.2) is 55.5 Å². The highest BCUT2D eigenvalue weighted by Crippen LogP contribution is 2.33. The third-order valence-electron chi connectivity index (χ3n) is 4.34. The maximum Gasteiger partial charge on any atom is 0.268 e. The van der Waals surface area contributed by atoms with Gasteiger partial charge in [0.2, 0.25) is 5.91 Å². The molecule has 1 fully saturated rings. The molecule has 0 spiro atoms. The molecule has 1 N–H and O–H groups in total. The lowest BCUT2D eigenvalue weighted by molar-refractivity contribution is -0.133. The minimum Gasteiger partial charge on any atom is -0.479 e. The van der Waals surface area contributed by atoms with Gasteiger partial charge >= 0.3 is 0 Å². The molecule has 1 saturated heterocycles. The number of hydrogen-bond donors (Lipinski definition) is 1. The number of fused-ring (bicyclic) bond motifs is 1. The van der Waals surface area contributed by atoms with E-state index in [1.54, 1.807) is 18.9 Å². The number of amides is 2. The van der Waals surface area contributed by atoms with E-state index in [0.717, 1.165) is 19.5 Å². The van der Waals surface area contributed by atoms with Crippen molar-refractivity contribution in [2.24, 2.45) is 0 Å². The van der Waals surface area contributed by atoms with Crippen LogP contribution < -0.4 is 15.0 Å². The Morgan fingerprint density at radius 2 is 2.23 bits per heavy atom. The number of ether oxygens (including phenoxy) is 1. The largest absolute Gasteiger partial charge is 0.479 e. The Balaban J connectivity index is 1.78. The van der Waals surface area contributed by atoms with E-state index in [9.17, 15) is 9.59 Å². The van der Waals surface area contributed by atoms with Crippen molar-refractivity contribution in [2.45, 2.75) is 25.5 Å². The van der Waals surface area contributed by atoms with E-state index < -0.39 is 6.10 Å². The normalized spacial score (nSPS) is 23.9. The summed E-state index contributed by atoms with van der Waals surface area (Å²) in [7, 11) is 1.81. The molecule has 0 aromatic heterocycles. The Kier molecular flexibility index (Phi) is 4.02. The molecule has 3 rings (SSSR count). The van der Waals surface area contributed by atoms with Gasteiger partial charge in [-0.3, -0.25) is 14.5 Å². The molecule has 2 aliphatic heterocycles. The van der Waals surface area contributed by atoms with Crippen molar-refractivity contribution >= 4 is 17.5 Å². The lowest BCUT2D eigenvalue weighted by Crippen LogP contribution is -2.50. The maximum absolute atomic E-state index is 12.5. The van der Waals surface area contributed by atoms with E-state index in [-0.39, 0.29) is 24.4 Å². The van der Waals surface area contributed by atoms with Crippen molar-refractivity contribution in [3.05, 3.63) is 24.3 Å². The number of carbonyl (C=O) groups excluding carboxylic acids is 2. The highest BCUT2D eigenvalue weighted by molar-refractivity contribution is 6.03. The highest BCUT2D eigenvalue weighted by atomic mass is 16.5. The first kappa shape index (κ1) is 14.8. The van der Waals surface area contributed by atoms with Crippen LogP contribution in [0.4, 0.5) is 5.69 Å². The Bertz CT molecular complexity index is 584. The number of benzene rings is 1. The molecule has 2 unspecified atom stereocenters. The number of carbonyl (C=O) groups is 2. The molecule has 0 bridgehead atoms. The summed E-state index contributed by atoms with van der Waals surface area (Å²) in [6.45, 7) is 3.50. The Morgan fingerprint density at radius 1 is 1.45 bits per heavy atom. The van der Waals surface area contributed by atoms with E-state index in [4.69, 9.17) is 4.74 Å². The lowest BCUT2D eigenvalue weighted by Gasteiger charge is -2.34. The fourth-order valence-corrected chi connectivity index (χ4v) is 2.94. The summed E-state index contributed by atoms with van der Waals surface area (Å²) in [5.74, 6) is 0.420. The molecule has 2 aliphatic rings. The third kappa shape index (κ3) is 2.66. The average Bonchev–Trinajstić information content (AvgIpc) is 3.05. The van der Waals surface area contributed by atoms with Crippen LogP contribution in [0.25, 0.3) is 0 Å². The highest BCUT2D eigenvalue weighted by Gasteiger charge is 2.34. The van der Waals surface area contributed by atoms with Crippen LogP contribution in [0.2, 0.25) is 0 Å². The number of anilines is 1. The van der Waals surface area contributed by atoms with E-state index in [1.807, 2.05) is 24.3 Å². The van der Waals surface area contributed by atoms with Crippen molar-refractivity contribution in [1.82, 2.24) is 10.2 Å². The van der Waals surface area contributed by atoms with Crippen molar-refractivity contribution < 1.29 is 14.3 Å². The summed E-state index contributed by atoms with van der Waals surface area (Å²) >= 11 is 0. The van der Waals surface area contributed by atoms with Crippen molar-refractivity contribution in [2.75, 3.05) is 31.6 Å². The fraction of sp³-hybridized carbons (Fsp3) is 0.500. The predicted octanol–water partition coefficient (Wildman–Crippen LogP) is 0.621. The van der Waals surface area contributed by atoms with Crippen molar-refractivity contribution in [3.63, 3.8) is 0 Å². The summed E-state index contributed by atoms with van der Waals surface area (Å²) in [4.78, 5) is 28.2. The Labute approximate surface area is 130 Å². The molecule has 6 heteroatoms. The van der Waals surface area contributed by atoms with Gasteiger partial charge in [0.1, 0.15) is 12.3 Å².